The predicted molar refractivity (Wildman–Crippen MR) is 98.9 cm³/mol. The van der Waals surface area contributed by atoms with E-state index in [0.717, 1.165) is 48.5 Å². The van der Waals surface area contributed by atoms with Crippen LogP contribution in [0.4, 0.5) is 16.6 Å². The average molecular weight is 358 g/mol. The molecule has 1 aliphatic rings. The molecule has 0 saturated carbocycles. The van der Waals surface area contributed by atoms with Crippen LogP contribution >= 0.6 is 11.3 Å². The number of pyridine rings is 1. The predicted octanol–water partition coefficient (Wildman–Crippen LogP) is 2.97. The van der Waals surface area contributed by atoms with Crippen LogP contribution in [-0.4, -0.2) is 47.8 Å². The van der Waals surface area contributed by atoms with E-state index in [9.17, 15) is 0 Å². The fourth-order valence-corrected chi connectivity index (χ4v) is 3.37. The van der Waals surface area contributed by atoms with Gasteiger partial charge in [-0.15, -0.1) is 0 Å². The minimum atomic E-state index is -0.250. The van der Waals surface area contributed by atoms with Crippen LogP contribution in [0.1, 0.15) is 0 Å². The lowest BCUT2D eigenvalue weighted by molar-refractivity contribution is -0.122. The minimum absolute atomic E-state index is 0.250. The van der Waals surface area contributed by atoms with E-state index >= 15 is 0 Å². The fourth-order valence-electron chi connectivity index (χ4n) is 2.49. The normalized spacial score (nSPS) is 13.8. The Hall–Kier alpha value is -2.71. The van der Waals surface area contributed by atoms with Gasteiger partial charge in [-0.25, -0.2) is 9.97 Å². The maximum atomic E-state index is 8.36. The second-order valence-electron chi connectivity index (χ2n) is 5.22. The molecule has 1 aromatic carbocycles. The zero-order chi connectivity index (χ0) is 17.5. The molecule has 4 rings (SSSR count). The Bertz CT molecular complexity index is 783. The summed E-state index contributed by atoms with van der Waals surface area (Å²) in [6.07, 6.45) is 1.86. The van der Waals surface area contributed by atoms with E-state index in [1.54, 1.807) is 11.3 Å². The van der Waals surface area contributed by atoms with Crippen molar-refractivity contribution in [3.63, 3.8) is 0 Å². The first-order valence-electron chi connectivity index (χ1n) is 7.79. The van der Waals surface area contributed by atoms with Gasteiger partial charge in [0.15, 0.2) is 5.13 Å². The largest absolute Gasteiger partial charge is 0.483 e. The Morgan fingerprint density at radius 2 is 1.96 bits per heavy atom. The number of carbonyl (C=O) groups is 1. The molecule has 0 spiro atoms. The highest BCUT2D eigenvalue weighted by Crippen LogP contribution is 2.28. The van der Waals surface area contributed by atoms with Crippen molar-refractivity contribution in [1.82, 2.24) is 9.97 Å². The summed E-state index contributed by atoms with van der Waals surface area (Å²) in [6, 6.07) is 12.2. The molecular formula is C17H18N4O3S. The van der Waals surface area contributed by atoms with Crippen molar-refractivity contribution in [3.8, 4) is 0 Å². The third kappa shape index (κ3) is 4.43. The van der Waals surface area contributed by atoms with Crippen LogP contribution < -0.4 is 10.2 Å². The van der Waals surface area contributed by atoms with Gasteiger partial charge >= 0.3 is 0 Å². The molecule has 1 saturated heterocycles. The number of aromatic nitrogens is 2. The number of nitrogens with one attached hydrogen (secondary N) is 1. The molecule has 0 unspecified atom stereocenters. The van der Waals surface area contributed by atoms with Crippen molar-refractivity contribution in [1.29, 1.82) is 0 Å². The highest BCUT2D eigenvalue weighted by molar-refractivity contribution is 7.22. The van der Waals surface area contributed by atoms with Gasteiger partial charge in [0, 0.05) is 13.1 Å². The first kappa shape index (κ1) is 17.1. The molecule has 0 radical (unpaired) electrons. The number of anilines is 3. The number of hydrogen-bond acceptors (Lipinski definition) is 7. The van der Waals surface area contributed by atoms with Crippen molar-refractivity contribution in [2.24, 2.45) is 0 Å². The lowest BCUT2D eigenvalue weighted by atomic mass is 10.3. The SMILES string of the molecule is O=CO.c1ccc2sc(Nc3ccc(N4CCOCC4)nc3)nc2c1. The molecule has 1 aliphatic heterocycles. The summed E-state index contributed by atoms with van der Waals surface area (Å²) in [5.74, 6) is 0.998. The van der Waals surface area contributed by atoms with E-state index in [1.807, 2.05) is 36.5 Å². The number of para-hydroxylation sites is 1. The Kier molecular flexibility index (Phi) is 5.76. The van der Waals surface area contributed by atoms with Crippen molar-refractivity contribution in [3.05, 3.63) is 42.6 Å². The second-order valence-corrected chi connectivity index (χ2v) is 6.25. The first-order chi connectivity index (χ1) is 12.3. The molecule has 130 valence electrons. The van der Waals surface area contributed by atoms with Gasteiger partial charge in [0.05, 0.1) is 35.3 Å². The van der Waals surface area contributed by atoms with E-state index in [0.29, 0.717) is 0 Å². The first-order valence-corrected chi connectivity index (χ1v) is 8.61. The molecule has 8 heteroatoms. The van der Waals surface area contributed by atoms with Crippen LogP contribution in [0, 0.1) is 0 Å². The topological polar surface area (TPSA) is 87.6 Å². The lowest BCUT2D eigenvalue weighted by Gasteiger charge is -2.27. The molecule has 25 heavy (non-hydrogen) atoms. The van der Waals surface area contributed by atoms with E-state index in [2.05, 4.69) is 26.3 Å². The maximum absolute atomic E-state index is 8.36. The molecule has 0 bridgehead atoms. The van der Waals surface area contributed by atoms with Crippen molar-refractivity contribution >= 4 is 44.7 Å². The van der Waals surface area contributed by atoms with Crippen LogP contribution in [0.5, 0.6) is 0 Å². The molecule has 1 fully saturated rings. The number of nitrogens with zero attached hydrogens (tertiary/aromatic N) is 3. The van der Waals surface area contributed by atoms with Crippen molar-refractivity contribution in [2.75, 3.05) is 36.5 Å². The molecule has 7 nitrogen and oxygen atoms in total. The van der Waals surface area contributed by atoms with E-state index in [4.69, 9.17) is 14.6 Å². The van der Waals surface area contributed by atoms with Gasteiger partial charge in [-0.2, -0.15) is 0 Å². The number of rotatable bonds is 3. The Balaban J connectivity index is 0.000000569. The molecule has 2 aromatic heterocycles. The highest BCUT2D eigenvalue weighted by atomic mass is 32.1. The number of carboxylic acid groups (broad SMARTS) is 1. The number of thiazole rings is 1. The summed E-state index contributed by atoms with van der Waals surface area (Å²) in [7, 11) is 0. The van der Waals surface area contributed by atoms with Crippen LogP contribution in [0.15, 0.2) is 42.6 Å². The molecule has 0 aliphatic carbocycles. The molecular weight excluding hydrogens is 340 g/mol. The van der Waals surface area contributed by atoms with Gasteiger partial charge in [-0.3, -0.25) is 4.79 Å². The molecule has 0 amide bonds. The summed E-state index contributed by atoms with van der Waals surface area (Å²) in [5, 5.41) is 11.1. The van der Waals surface area contributed by atoms with Gasteiger partial charge in [0.25, 0.3) is 6.47 Å². The monoisotopic (exact) mass is 358 g/mol. The van der Waals surface area contributed by atoms with Crippen molar-refractivity contribution in [2.45, 2.75) is 0 Å². The fraction of sp³-hybridized carbons (Fsp3) is 0.235. The van der Waals surface area contributed by atoms with Crippen molar-refractivity contribution < 1.29 is 14.6 Å². The van der Waals surface area contributed by atoms with Gasteiger partial charge in [0.1, 0.15) is 5.82 Å². The smallest absolute Gasteiger partial charge is 0.290 e. The average Bonchev–Trinajstić information content (AvgIpc) is 3.06. The van der Waals surface area contributed by atoms with Gasteiger partial charge in [0.2, 0.25) is 0 Å². The standard InChI is InChI=1S/C16H16N4OS.CH2O2/c1-2-4-14-13(3-1)19-16(22-14)18-12-5-6-15(17-11-12)20-7-9-21-10-8-20;2-1-3/h1-6,11H,7-10H2,(H,18,19);1H,(H,2,3). The van der Waals surface area contributed by atoms with Crippen LogP contribution in [-0.2, 0) is 9.53 Å². The summed E-state index contributed by atoms with van der Waals surface area (Å²) in [4.78, 5) is 19.7. The number of ether oxygens (including phenoxy) is 1. The third-order valence-corrected chi connectivity index (χ3v) is 4.58. The minimum Gasteiger partial charge on any atom is -0.483 e. The van der Waals surface area contributed by atoms with Crippen LogP contribution in [0.2, 0.25) is 0 Å². The summed E-state index contributed by atoms with van der Waals surface area (Å²) in [6.45, 7) is 3.09. The number of benzene rings is 1. The maximum Gasteiger partial charge on any atom is 0.290 e. The molecule has 2 N–H and O–H groups in total. The Morgan fingerprint density at radius 1 is 1.20 bits per heavy atom. The van der Waals surface area contributed by atoms with Crippen LogP contribution in [0.25, 0.3) is 10.2 Å². The quantitative estimate of drug-likeness (QED) is 0.696. The highest BCUT2D eigenvalue weighted by Gasteiger charge is 2.12. The van der Waals surface area contributed by atoms with E-state index < -0.39 is 0 Å². The Morgan fingerprint density at radius 3 is 2.64 bits per heavy atom. The van der Waals surface area contributed by atoms with Gasteiger partial charge in [-0.05, 0) is 24.3 Å². The zero-order valence-electron chi connectivity index (χ0n) is 13.5. The zero-order valence-corrected chi connectivity index (χ0v) is 14.3. The third-order valence-electron chi connectivity index (χ3n) is 3.63. The number of hydrogen-bond donors (Lipinski definition) is 2. The van der Waals surface area contributed by atoms with E-state index in [-0.39, 0.29) is 6.47 Å². The number of fused-ring (bicyclic) bond motifs is 1. The lowest BCUT2D eigenvalue weighted by Crippen LogP contribution is -2.36. The van der Waals surface area contributed by atoms with Crippen LogP contribution in [0.3, 0.4) is 0 Å². The Labute approximate surface area is 148 Å². The summed E-state index contributed by atoms with van der Waals surface area (Å²) < 4.78 is 6.55. The second kappa shape index (κ2) is 8.41. The summed E-state index contributed by atoms with van der Waals surface area (Å²) >= 11 is 1.65. The molecule has 3 aromatic rings. The molecule has 0 atom stereocenters. The number of morpholine rings is 1. The van der Waals surface area contributed by atoms with Gasteiger partial charge < -0.3 is 20.1 Å². The summed E-state index contributed by atoms with van der Waals surface area (Å²) in [5.41, 5.74) is 1.98. The van der Waals surface area contributed by atoms with Gasteiger partial charge in [-0.1, -0.05) is 23.5 Å². The molecule has 3 heterocycles. The van der Waals surface area contributed by atoms with E-state index in [1.165, 1.54) is 4.70 Å².